The number of rotatable bonds is 7. The molecule has 1 aromatic heterocycles. The number of nitrogens with zero attached hydrogens (tertiary/aromatic N) is 1. The van der Waals surface area contributed by atoms with Crippen molar-refractivity contribution in [2.24, 2.45) is 5.92 Å². The lowest BCUT2D eigenvalue weighted by Crippen LogP contribution is -2.45. The van der Waals surface area contributed by atoms with Gasteiger partial charge in [0.1, 0.15) is 17.7 Å². The quantitative estimate of drug-likeness (QED) is 0.611. The highest BCUT2D eigenvalue weighted by atomic mass is 32.2. The fraction of sp³-hybridized carbons (Fsp3) is 0.263. The van der Waals surface area contributed by atoms with Crippen molar-refractivity contribution in [1.82, 2.24) is 9.71 Å². The Balaban J connectivity index is 1.70. The number of sulfonamides is 1. The first-order chi connectivity index (χ1) is 12.9. The van der Waals surface area contributed by atoms with Crippen LogP contribution >= 0.6 is 11.3 Å². The van der Waals surface area contributed by atoms with Gasteiger partial charge in [-0.25, -0.2) is 13.4 Å². The summed E-state index contributed by atoms with van der Waals surface area (Å²) in [5.74, 6) is -0.893. The van der Waals surface area contributed by atoms with E-state index in [0.29, 0.717) is 5.01 Å². The molecule has 0 saturated heterocycles. The molecule has 0 bridgehead atoms. The Kier molecular flexibility index (Phi) is 5.88. The van der Waals surface area contributed by atoms with E-state index >= 15 is 0 Å². The van der Waals surface area contributed by atoms with Crippen molar-refractivity contribution in [1.29, 1.82) is 0 Å². The van der Waals surface area contributed by atoms with Gasteiger partial charge in [0.25, 0.3) is 0 Å². The molecule has 8 heteroatoms. The van der Waals surface area contributed by atoms with Crippen LogP contribution in [-0.2, 0) is 26.2 Å². The minimum absolute atomic E-state index is 0.00840. The number of aromatic nitrogens is 1. The van der Waals surface area contributed by atoms with E-state index in [1.807, 2.05) is 24.3 Å². The SMILES string of the molecule is CC(C)[C@@H](NS(=O)(=O)c1ccccc1)C(=O)OCc1nc2ccccc2s1. The third kappa shape index (κ3) is 4.71. The van der Waals surface area contributed by atoms with Crippen molar-refractivity contribution in [3.8, 4) is 0 Å². The Labute approximate surface area is 162 Å². The van der Waals surface area contributed by atoms with Crippen molar-refractivity contribution < 1.29 is 17.9 Å². The summed E-state index contributed by atoms with van der Waals surface area (Å²) in [4.78, 5) is 17.0. The van der Waals surface area contributed by atoms with Crippen LogP contribution in [0.5, 0.6) is 0 Å². The molecule has 1 N–H and O–H groups in total. The number of hydrogen-bond donors (Lipinski definition) is 1. The molecule has 0 fully saturated rings. The first-order valence-electron chi connectivity index (χ1n) is 8.45. The first-order valence-corrected chi connectivity index (χ1v) is 10.8. The van der Waals surface area contributed by atoms with Gasteiger partial charge in [-0.2, -0.15) is 4.72 Å². The number of fused-ring (bicyclic) bond motifs is 1. The van der Waals surface area contributed by atoms with Crippen molar-refractivity contribution >= 4 is 37.5 Å². The maximum absolute atomic E-state index is 12.5. The molecule has 1 heterocycles. The van der Waals surface area contributed by atoms with Crippen molar-refractivity contribution in [3.63, 3.8) is 0 Å². The van der Waals surface area contributed by atoms with Crippen LogP contribution in [-0.4, -0.2) is 25.4 Å². The second-order valence-electron chi connectivity index (χ2n) is 6.34. The lowest BCUT2D eigenvalue weighted by molar-refractivity contribution is -0.148. The normalized spacial score (nSPS) is 13.0. The molecule has 3 rings (SSSR count). The highest BCUT2D eigenvalue weighted by molar-refractivity contribution is 7.89. The molecule has 0 aliphatic carbocycles. The van der Waals surface area contributed by atoms with Gasteiger partial charge in [-0.1, -0.05) is 44.2 Å². The molecular weight excluding hydrogens is 384 g/mol. The molecule has 0 aliphatic heterocycles. The largest absolute Gasteiger partial charge is 0.457 e. The zero-order valence-corrected chi connectivity index (χ0v) is 16.6. The van der Waals surface area contributed by atoms with Crippen LogP contribution in [0.1, 0.15) is 18.9 Å². The molecule has 0 amide bonds. The maximum Gasteiger partial charge on any atom is 0.324 e. The van der Waals surface area contributed by atoms with Gasteiger partial charge in [-0.05, 0) is 30.2 Å². The average Bonchev–Trinajstić information content (AvgIpc) is 3.08. The molecular formula is C19H20N2O4S2. The molecule has 0 unspecified atom stereocenters. The van der Waals surface area contributed by atoms with Crippen LogP contribution in [0.2, 0.25) is 0 Å². The molecule has 0 aliphatic rings. The second-order valence-corrected chi connectivity index (χ2v) is 9.17. The number of para-hydroxylation sites is 1. The van der Waals surface area contributed by atoms with Gasteiger partial charge in [0.15, 0.2) is 0 Å². The van der Waals surface area contributed by atoms with Crippen molar-refractivity contribution in [3.05, 3.63) is 59.6 Å². The van der Waals surface area contributed by atoms with Crippen molar-refractivity contribution in [2.45, 2.75) is 31.4 Å². The van der Waals surface area contributed by atoms with E-state index in [9.17, 15) is 13.2 Å². The summed E-state index contributed by atoms with van der Waals surface area (Å²) in [5.41, 5.74) is 0.846. The molecule has 6 nitrogen and oxygen atoms in total. The van der Waals surface area contributed by atoms with Gasteiger partial charge >= 0.3 is 5.97 Å². The maximum atomic E-state index is 12.5. The van der Waals surface area contributed by atoms with E-state index in [2.05, 4.69) is 9.71 Å². The lowest BCUT2D eigenvalue weighted by Gasteiger charge is -2.20. The van der Waals surface area contributed by atoms with Crippen LogP contribution in [0.15, 0.2) is 59.5 Å². The fourth-order valence-electron chi connectivity index (χ4n) is 2.50. The van der Waals surface area contributed by atoms with Gasteiger partial charge in [-0.15, -0.1) is 11.3 Å². The number of ether oxygens (including phenoxy) is 1. The Morgan fingerprint density at radius 1 is 1.11 bits per heavy atom. The van der Waals surface area contributed by atoms with Gasteiger partial charge < -0.3 is 4.74 Å². The fourth-order valence-corrected chi connectivity index (χ4v) is 4.73. The minimum Gasteiger partial charge on any atom is -0.457 e. The number of nitrogens with one attached hydrogen (secondary N) is 1. The predicted molar refractivity (Wildman–Crippen MR) is 105 cm³/mol. The summed E-state index contributed by atoms with van der Waals surface area (Å²) in [6.45, 7) is 3.53. The molecule has 0 radical (unpaired) electrons. The molecule has 3 aromatic rings. The Morgan fingerprint density at radius 2 is 1.78 bits per heavy atom. The van der Waals surface area contributed by atoms with E-state index in [1.54, 1.807) is 32.0 Å². The summed E-state index contributed by atoms with van der Waals surface area (Å²) in [7, 11) is -3.82. The topological polar surface area (TPSA) is 85.4 Å². The van der Waals surface area contributed by atoms with Gasteiger partial charge in [0.2, 0.25) is 10.0 Å². The zero-order valence-electron chi connectivity index (χ0n) is 15.0. The molecule has 27 heavy (non-hydrogen) atoms. The van der Waals surface area contributed by atoms with E-state index in [1.165, 1.54) is 23.5 Å². The molecule has 2 aromatic carbocycles. The van der Waals surface area contributed by atoms with Crippen LogP contribution in [0.3, 0.4) is 0 Å². The second kappa shape index (κ2) is 8.16. The number of carbonyl (C=O) groups excluding carboxylic acids is 1. The van der Waals surface area contributed by atoms with E-state index in [4.69, 9.17) is 4.74 Å². The number of esters is 1. The molecule has 0 spiro atoms. The third-order valence-corrected chi connectivity index (χ3v) is 6.40. The summed E-state index contributed by atoms with van der Waals surface area (Å²) in [5, 5.41) is 0.665. The number of benzene rings is 2. The molecule has 0 saturated carbocycles. The monoisotopic (exact) mass is 404 g/mol. The van der Waals surface area contributed by atoms with E-state index < -0.39 is 22.0 Å². The predicted octanol–water partition coefficient (Wildman–Crippen LogP) is 3.34. The smallest absolute Gasteiger partial charge is 0.324 e. The minimum atomic E-state index is -3.82. The molecule has 1 atom stereocenters. The van der Waals surface area contributed by atoms with E-state index in [0.717, 1.165) is 10.2 Å². The highest BCUT2D eigenvalue weighted by Gasteiger charge is 2.29. The summed E-state index contributed by atoms with van der Waals surface area (Å²) < 4.78 is 33.8. The molecule has 142 valence electrons. The number of hydrogen-bond acceptors (Lipinski definition) is 6. The van der Waals surface area contributed by atoms with Crippen LogP contribution in [0.25, 0.3) is 10.2 Å². The Bertz CT molecular complexity index is 997. The van der Waals surface area contributed by atoms with Crippen LogP contribution in [0, 0.1) is 5.92 Å². The zero-order chi connectivity index (χ0) is 19.4. The summed E-state index contributed by atoms with van der Waals surface area (Å²) in [6, 6.07) is 14.6. The van der Waals surface area contributed by atoms with Gasteiger partial charge in [0.05, 0.1) is 15.1 Å². The first kappa shape index (κ1) is 19.5. The Morgan fingerprint density at radius 3 is 2.44 bits per heavy atom. The van der Waals surface area contributed by atoms with Crippen LogP contribution < -0.4 is 4.72 Å². The third-order valence-electron chi connectivity index (χ3n) is 3.93. The van der Waals surface area contributed by atoms with Crippen molar-refractivity contribution in [2.75, 3.05) is 0 Å². The number of thiazole rings is 1. The summed E-state index contributed by atoms with van der Waals surface area (Å²) in [6.07, 6.45) is 0. The standard InChI is InChI=1S/C19H20N2O4S2/c1-13(2)18(21-27(23,24)14-8-4-3-5-9-14)19(22)25-12-17-20-15-10-6-7-11-16(15)26-17/h3-11,13,18,21H,12H2,1-2H3/t18-/m1/s1. The summed E-state index contributed by atoms with van der Waals surface area (Å²) >= 11 is 1.44. The highest BCUT2D eigenvalue weighted by Crippen LogP contribution is 2.22. The van der Waals surface area contributed by atoms with Gasteiger partial charge in [0, 0.05) is 0 Å². The lowest BCUT2D eigenvalue weighted by atomic mass is 10.1. The average molecular weight is 405 g/mol. The van der Waals surface area contributed by atoms with Crippen LogP contribution in [0.4, 0.5) is 0 Å². The number of carbonyl (C=O) groups is 1. The Hall–Kier alpha value is -2.29. The van der Waals surface area contributed by atoms with E-state index in [-0.39, 0.29) is 17.4 Å². The van der Waals surface area contributed by atoms with Gasteiger partial charge in [-0.3, -0.25) is 4.79 Å².